The number of ether oxygens (including phenoxy) is 5. The first-order valence-corrected chi connectivity index (χ1v) is 28.2. The lowest BCUT2D eigenvalue weighted by Crippen LogP contribution is -2.61. The van der Waals surface area contributed by atoms with Crippen LogP contribution in [-0.2, 0) is 93.3 Å². The minimum atomic E-state index is -1.75. The molecule has 0 spiro atoms. The van der Waals surface area contributed by atoms with Gasteiger partial charge in [0.1, 0.15) is 41.9 Å². The average Bonchev–Trinajstić information content (AvgIpc) is 3.45. The van der Waals surface area contributed by atoms with Crippen molar-refractivity contribution in [2.45, 2.75) is 147 Å². The number of benzene rings is 4. The molecule has 86 heavy (non-hydrogen) atoms. The van der Waals surface area contributed by atoms with E-state index in [4.69, 9.17) is 35.2 Å². The van der Waals surface area contributed by atoms with E-state index in [1.807, 2.05) is 36.4 Å². The van der Waals surface area contributed by atoms with Gasteiger partial charge in [0, 0.05) is 6.54 Å². The summed E-state index contributed by atoms with van der Waals surface area (Å²) in [6.07, 6.45) is -4.06. The molecule has 4 aromatic carbocycles. The molecule has 1 aliphatic heterocycles. The maximum Gasteiger partial charge on any atom is 0.408 e. The van der Waals surface area contributed by atoms with Gasteiger partial charge in [-0.25, -0.2) is 4.79 Å². The summed E-state index contributed by atoms with van der Waals surface area (Å²) >= 11 is 0. The first-order valence-electron chi connectivity index (χ1n) is 28.2. The van der Waals surface area contributed by atoms with Crippen LogP contribution in [0.2, 0.25) is 0 Å². The standard InChI is InChI=1S/C61H80N10O15/c1-38(83-34-42-22-13-8-14-23-42)51(69-56(77)45(30-48(62)72)67-58(79)52(70-60(81)86-61(4,5)6)39(2)84-35-43-24-15-9-16-25-43)57(78)65-31-49(73)66-46(37-82-33-41-20-11-7-12-21-41)55(76)64-32-50(74)68-53(40(3)85-36-44-26-17-10-18-27-44)59(80)71-29-19-28-47(71)54(63)75/h7-18,20-27,38-40,45-47,51-53H,19,28-37H2,1-6H3,(H2,62,72)(H2,63,75)(H,64,76)(H,65,78)(H,66,73)(H,67,79)(H,68,74)(H,69,77)(H,70,81). The van der Waals surface area contributed by atoms with Crippen LogP contribution in [0.15, 0.2) is 121 Å². The molecule has 1 aliphatic rings. The first kappa shape index (κ1) is 68.0. The maximum absolute atomic E-state index is 14.3. The van der Waals surface area contributed by atoms with Gasteiger partial charge in [0.25, 0.3) is 0 Å². The minimum Gasteiger partial charge on any atom is -0.444 e. The highest BCUT2D eigenvalue weighted by atomic mass is 16.6. The Morgan fingerprint density at radius 3 is 1.43 bits per heavy atom. The zero-order valence-electron chi connectivity index (χ0n) is 49.2. The third-order valence-electron chi connectivity index (χ3n) is 13.4. The van der Waals surface area contributed by atoms with E-state index in [9.17, 15) is 47.9 Å². The number of nitrogens with zero attached hydrogens (tertiary/aromatic N) is 1. The molecule has 0 aromatic heterocycles. The summed E-state index contributed by atoms with van der Waals surface area (Å²) in [5, 5.41) is 17.5. The molecule has 1 fully saturated rings. The number of rotatable bonds is 33. The molecule has 10 amide bonds. The molecule has 464 valence electrons. The molecule has 25 heteroatoms. The quantitative estimate of drug-likeness (QED) is 0.0326. The Hall–Kier alpha value is -8.78. The van der Waals surface area contributed by atoms with Crippen molar-refractivity contribution < 1.29 is 71.6 Å². The molecule has 9 atom stereocenters. The Balaban J connectivity index is 1.31. The molecule has 0 aliphatic carbocycles. The lowest BCUT2D eigenvalue weighted by atomic mass is 10.1. The summed E-state index contributed by atoms with van der Waals surface area (Å²) in [4.78, 5) is 137. The maximum atomic E-state index is 14.3. The fourth-order valence-electron chi connectivity index (χ4n) is 8.82. The molecule has 1 saturated heterocycles. The summed E-state index contributed by atoms with van der Waals surface area (Å²) in [6, 6.07) is 27.2. The van der Waals surface area contributed by atoms with Crippen molar-refractivity contribution in [1.82, 2.24) is 42.1 Å². The molecule has 9 unspecified atom stereocenters. The highest BCUT2D eigenvalue weighted by molar-refractivity contribution is 5.98. The van der Waals surface area contributed by atoms with Crippen molar-refractivity contribution in [2.75, 3.05) is 26.2 Å². The van der Waals surface area contributed by atoms with E-state index in [0.29, 0.717) is 18.4 Å². The van der Waals surface area contributed by atoms with Crippen molar-refractivity contribution >= 4 is 59.3 Å². The van der Waals surface area contributed by atoms with Gasteiger partial charge >= 0.3 is 6.09 Å². The van der Waals surface area contributed by atoms with Crippen molar-refractivity contribution in [1.29, 1.82) is 0 Å². The number of carbonyl (C=O) groups is 10. The SMILES string of the molecule is CC(OCc1ccccc1)C(NC(=O)OC(C)(C)C)C(=O)NC(CC(N)=O)C(=O)NC(C(=O)NCC(=O)NC(COCc1ccccc1)C(=O)NCC(=O)NC(C(=O)N1CCCC1C(N)=O)C(C)OCc1ccccc1)C(C)OCc1ccccc1. The van der Waals surface area contributed by atoms with Gasteiger partial charge in [0.2, 0.25) is 53.2 Å². The van der Waals surface area contributed by atoms with Gasteiger partial charge in [0.15, 0.2) is 0 Å². The highest BCUT2D eigenvalue weighted by Gasteiger charge is 2.40. The number of nitrogens with one attached hydrogen (secondary N) is 7. The van der Waals surface area contributed by atoms with Crippen molar-refractivity contribution in [2.24, 2.45) is 11.5 Å². The molecule has 4 aromatic rings. The highest BCUT2D eigenvalue weighted by Crippen LogP contribution is 2.20. The van der Waals surface area contributed by atoms with Crippen LogP contribution in [0.25, 0.3) is 0 Å². The Morgan fingerprint density at radius 2 is 0.965 bits per heavy atom. The number of hydrogen-bond acceptors (Lipinski definition) is 15. The third-order valence-corrected chi connectivity index (χ3v) is 13.4. The van der Waals surface area contributed by atoms with E-state index < -0.39 is 146 Å². The van der Waals surface area contributed by atoms with Gasteiger partial charge in [-0.1, -0.05) is 121 Å². The van der Waals surface area contributed by atoms with Crippen LogP contribution >= 0.6 is 0 Å². The van der Waals surface area contributed by atoms with E-state index in [1.54, 1.807) is 113 Å². The zero-order valence-corrected chi connectivity index (χ0v) is 49.2. The zero-order chi connectivity index (χ0) is 62.8. The smallest absolute Gasteiger partial charge is 0.408 e. The van der Waals surface area contributed by atoms with Crippen LogP contribution in [0.1, 0.15) is 83.1 Å². The number of amides is 10. The fourth-order valence-corrected chi connectivity index (χ4v) is 8.82. The lowest BCUT2D eigenvalue weighted by molar-refractivity contribution is -0.144. The first-order chi connectivity index (χ1) is 41.0. The normalized spacial score (nSPS) is 15.8. The van der Waals surface area contributed by atoms with Crippen LogP contribution in [0.5, 0.6) is 0 Å². The molecule has 11 N–H and O–H groups in total. The van der Waals surface area contributed by atoms with Crippen LogP contribution in [0.3, 0.4) is 0 Å². The second kappa shape index (κ2) is 34.2. The summed E-state index contributed by atoms with van der Waals surface area (Å²) in [5.41, 5.74) is 13.2. The third kappa shape index (κ3) is 23.3. The van der Waals surface area contributed by atoms with Crippen LogP contribution in [0.4, 0.5) is 4.79 Å². The van der Waals surface area contributed by atoms with Gasteiger partial charge in [-0.15, -0.1) is 0 Å². The fraction of sp³-hybridized carbons (Fsp3) is 0.443. The summed E-state index contributed by atoms with van der Waals surface area (Å²) in [7, 11) is 0. The van der Waals surface area contributed by atoms with E-state index in [-0.39, 0.29) is 33.0 Å². The average molecular weight is 1190 g/mol. The van der Waals surface area contributed by atoms with Gasteiger partial charge in [-0.3, -0.25) is 43.2 Å². The Labute approximate surface area is 500 Å². The van der Waals surface area contributed by atoms with Crippen molar-refractivity contribution in [3.8, 4) is 0 Å². The molecule has 25 nitrogen and oxygen atoms in total. The topological polar surface area (TPSA) is 356 Å². The van der Waals surface area contributed by atoms with Crippen molar-refractivity contribution in [3.63, 3.8) is 0 Å². The molecule has 5 rings (SSSR count). The predicted molar refractivity (Wildman–Crippen MR) is 313 cm³/mol. The number of nitrogens with two attached hydrogens (primary N) is 2. The van der Waals surface area contributed by atoms with E-state index in [0.717, 1.165) is 16.7 Å². The van der Waals surface area contributed by atoms with Crippen LogP contribution < -0.4 is 48.7 Å². The Bertz CT molecular complexity index is 2880. The van der Waals surface area contributed by atoms with Crippen LogP contribution in [-0.4, -0.2) is 151 Å². The molecule has 0 radical (unpaired) electrons. The number of hydrogen-bond donors (Lipinski definition) is 9. The van der Waals surface area contributed by atoms with E-state index in [2.05, 4.69) is 37.2 Å². The largest absolute Gasteiger partial charge is 0.444 e. The van der Waals surface area contributed by atoms with E-state index >= 15 is 0 Å². The molecule has 0 bridgehead atoms. The van der Waals surface area contributed by atoms with E-state index in [1.165, 1.54) is 18.7 Å². The number of primary amides is 2. The number of likely N-dealkylation sites (tertiary alicyclic amines) is 1. The summed E-state index contributed by atoms with van der Waals surface area (Å²) in [5.74, 6) is -8.03. The number of carbonyl (C=O) groups excluding carboxylic acids is 10. The Kier molecular flexibility index (Phi) is 27.1. The van der Waals surface area contributed by atoms with Gasteiger partial charge in [0.05, 0.1) is 70.9 Å². The van der Waals surface area contributed by atoms with Gasteiger partial charge in [-0.2, -0.15) is 0 Å². The summed E-state index contributed by atoms with van der Waals surface area (Å²) in [6.45, 7) is 7.76. The minimum absolute atomic E-state index is 0.00654. The second-order valence-corrected chi connectivity index (χ2v) is 21.5. The molecule has 0 saturated carbocycles. The molecular formula is C61H80N10O15. The Morgan fingerprint density at radius 1 is 0.523 bits per heavy atom. The monoisotopic (exact) mass is 1190 g/mol. The van der Waals surface area contributed by atoms with Gasteiger partial charge in [-0.05, 0) is 76.6 Å². The number of alkyl carbamates (subject to hydrolysis) is 1. The molecule has 1 heterocycles. The van der Waals surface area contributed by atoms with Crippen molar-refractivity contribution in [3.05, 3.63) is 144 Å². The predicted octanol–water partition coefficient (Wildman–Crippen LogP) is 1.44. The van der Waals surface area contributed by atoms with Gasteiger partial charge < -0.3 is 77.3 Å². The lowest BCUT2D eigenvalue weighted by Gasteiger charge is -2.31. The molecular weight excluding hydrogens is 1110 g/mol. The van der Waals surface area contributed by atoms with Crippen LogP contribution in [0, 0.1) is 0 Å². The second-order valence-electron chi connectivity index (χ2n) is 21.5. The summed E-state index contributed by atoms with van der Waals surface area (Å²) < 4.78 is 29.3.